The molecule has 0 saturated heterocycles. The molecule has 0 spiro atoms. The van der Waals surface area contributed by atoms with Gasteiger partial charge in [0.1, 0.15) is 24.7 Å². The van der Waals surface area contributed by atoms with Crippen LogP contribution in [0, 0.1) is 12.8 Å². The number of carbonyl (C=O) groups excluding carboxylic acids is 1. The molecule has 1 fully saturated rings. The van der Waals surface area contributed by atoms with E-state index in [1.54, 1.807) is 24.3 Å². The molecule has 0 radical (unpaired) electrons. The monoisotopic (exact) mass is 678 g/mol. The molecule has 0 bridgehead atoms. The lowest BCUT2D eigenvalue weighted by Crippen LogP contribution is -2.41. The second-order valence-electron chi connectivity index (χ2n) is 10.1. The number of carboxylic acid groups (broad SMARTS) is 1. The number of nitrogens with two attached hydrogens (primary N) is 1. The lowest BCUT2D eigenvalue weighted by atomic mass is 9.97. The smallest absolute Gasteiger partial charge is 0.341 e. The number of aryl methyl sites for hydroxylation is 1. The number of benzene rings is 3. The van der Waals surface area contributed by atoms with Crippen molar-refractivity contribution in [2.45, 2.75) is 38.8 Å². The Morgan fingerprint density at radius 3 is 2.33 bits per heavy atom. The van der Waals surface area contributed by atoms with Crippen LogP contribution in [0.15, 0.2) is 59.1 Å². The summed E-state index contributed by atoms with van der Waals surface area (Å²) in [5.41, 5.74) is 8.86. The van der Waals surface area contributed by atoms with E-state index in [0.717, 1.165) is 29.5 Å². The van der Waals surface area contributed by atoms with Crippen molar-refractivity contribution >= 4 is 51.0 Å². The number of amides is 1. The van der Waals surface area contributed by atoms with Crippen LogP contribution in [0.1, 0.15) is 29.5 Å². The second kappa shape index (κ2) is 15.0. The summed E-state index contributed by atoms with van der Waals surface area (Å²) in [6.07, 6.45) is 2.37. The Labute approximate surface area is 263 Å². The van der Waals surface area contributed by atoms with Gasteiger partial charge < -0.3 is 30.0 Å². The Bertz CT molecular complexity index is 1380. The van der Waals surface area contributed by atoms with Crippen LogP contribution < -0.4 is 19.9 Å². The highest BCUT2D eigenvalue weighted by Crippen LogP contribution is 2.35. The summed E-state index contributed by atoms with van der Waals surface area (Å²) in [5, 5.41) is 9.86. The van der Waals surface area contributed by atoms with Crippen LogP contribution in [0.5, 0.6) is 17.2 Å². The Morgan fingerprint density at radius 2 is 1.71 bits per heavy atom. The standard InChI is InChI=1S/C31H33BrCl2N2O6/c1-19-13-25(33)30(26(34)14-19)41-12-11-40-24-9-5-20(6-10-24)15-22(16-35)31(39)36(23-7-8-23)17-21-3-2-4-27(29(21)32)42-18-28(37)38/h2-6,9-10,13-14,22-23H,7-8,11-12,15-18,35H2,1H3,(H,37,38). The number of carbonyl (C=O) groups is 2. The van der Waals surface area contributed by atoms with Gasteiger partial charge in [-0.3, -0.25) is 4.79 Å². The molecule has 0 heterocycles. The van der Waals surface area contributed by atoms with Crippen LogP contribution in [0.25, 0.3) is 0 Å². The largest absolute Gasteiger partial charge is 0.490 e. The first-order valence-corrected chi connectivity index (χ1v) is 15.1. The molecule has 4 rings (SSSR count). The van der Waals surface area contributed by atoms with Gasteiger partial charge in [-0.2, -0.15) is 0 Å². The van der Waals surface area contributed by atoms with Gasteiger partial charge in [-0.05, 0) is 89.1 Å². The first-order chi connectivity index (χ1) is 20.2. The van der Waals surface area contributed by atoms with E-state index >= 15 is 0 Å². The SMILES string of the molecule is Cc1cc(Cl)c(OCCOc2ccc(CC(CN)C(=O)N(Cc3cccc(OCC(=O)O)c3Br)C3CC3)cc2)c(Cl)c1. The van der Waals surface area contributed by atoms with Gasteiger partial charge in [0.05, 0.1) is 20.4 Å². The van der Waals surface area contributed by atoms with Crippen molar-refractivity contribution in [3.8, 4) is 17.2 Å². The highest BCUT2D eigenvalue weighted by molar-refractivity contribution is 9.10. The van der Waals surface area contributed by atoms with E-state index in [-0.39, 0.29) is 31.0 Å². The van der Waals surface area contributed by atoms with Crippen molar-refractivity contribution in [1.82, 2.24) is 4.90 Å². The van der Waals surface area contributed by atoms with Crippen LogP contribution in [-0.2, 0) is 22.6 Å². The number of halogens is 3. The fourth-order valence-electron chi connectivity index (χ4n) is 4.53. The third-order valence-corrected chi connectivity index (χ3v) is 8.25. The van der Waals surface area contributed by atoms with E-state index in [4.69, 9.17) is 48.3 Å². The molecule has 1 amide bonds. The van der Waals surface area contributed by atoms with Gasteiger partial charge in [-0.15, -0.1) is 0 Å². The Balaban J connectivity index is 1.33. The number of aliphatic carboxylic acids is 1. The van der Waals surface area contributed by atoms with Gasteiger partial charge in [0.2, 0.25) is 5.91 Å². The fraction of sp³-hybridized carbons (Fsp3) is 0.355. The van der Waals surface area contributed by atoms with E-state index in [2.05, 4.69) is 15.9 Å². The molecule has 1 saturated carbocycles. The molecule has 3 N–H and O–H groups in total. The highest BCUT2D eigenvalue weighted by Gasteiger charge is 2.36. The Morgan fingerprint density at radius 1 is 1.05 bits per heavy atom. The molecule has 1 atom stereocenters. The van der Waals surface area contributed by atoms with Gasteiger partial charge in [0.25, 0.3) is 0 Å². The lowest BCUT2D eigenvalue weighted by Gasteiger charge is -2.28. The van der Waals surface area contributed by atoms with Crippen molar-refractivity contribution in [3.05, 3.63) is 85.8 Å². The van der Waals surface area contributed by atoms with Crippen molar-refractivity contribution in [2.24, 2.45) is 11.7 Å². The summed E-state index contributed by atoms with van der Waals surface area (Å²) < 4.78 is 17.5. The average molecular weight is 680 g/mol. The molecule has 11 heteroatoms. The predicted octanol–water partition coefficient (Wildman–Crippen LogP) is 6.29. The zero-order valence-electron chi connectivity index (χ0n) is 23.2. The summed E-state index contributed by atoms with van der Waals surface area (Å²) >= 11 is 16.0. The highest BCUT2D eigenvalue weighted by atomic mass is 79.9. The minimum Gasteiger partial charge on any atom is -0.490 e. The summed E-state index contributed by atoms with van der Waals surface area (Å²) in [6, 6.07) is 16.7. The summed E-state index contributed by atoms with van der Waals surface area (Å²) in [6.45, 7) is 2.63. The van der Waals surface area contributed by atoms with Crippen molar-refractivity contribution in [2.75, 3.05) is 26.4 Å². The van der Waals surface area contributed by atoms with Crippen LogP contribution in [0.4, 0.5) is 0 Å². The zero-order valence-corrected chi connectivity index (χ0v) is 26.3. The third-order valence-electron chi connectivity index (χ3n) is 6.79. The van der Waals surface area contributed by atoms with E-state index in [1.165, 1.54) is 0 Å². The minimum atomic E-state index is -1.06. The molecular weight excluding hydrogens is 647 g/mol. The number of nitrogens with zero attached hydrogens (tertiary/aromatic N) is 1. The van der Waals surface area contributed by atoms with Crippen molar-refractivity contribution < 1.29 is 28.9 Å². The quantitative estimate of drug-likeness (QED) is 0.182. The number of hydrogen-bond acceptors (Lipinski definition) is 6. The maximum Gasteiger partial charge on any atom is 0.341 e. The molecule has 42 heavy (non-hydrogen) atoms. The maximum atomic E-state index is 13.7. The minimum absolute atomic E-state index is 0.00494. The molecule has 0 aromatic heterocycles. The molecule has 1 aliphatic carbocycles. The van der Waals surface area contributed by atoms with E-state index < -0.39 is 12.6 Å². The van der Waals surface area contributed by atoms with Gasteiger partial charge in [0.15, 0.2) is 12.4 Å². The second-order valence-corrected chi connectivity index (χ2v) is 11.8. The molecule has 0 aliphatic heterocycles. The van der Waals surface area contributed by atoms with E-state index in [0.29, 0.717) is 51.3 Å². The molecule has 224 valence electrons. The molecule has 3 aromatic carbocycles. The van der Waals surface area contributed by atoms with E-state index in [9.17, 15) is 9.59 Å². The molecule has 1 unspecified atom stereocenters. The zero-order chi connectivity index (χ0) is 30.2. The van der Waals surface area contributed by atoms with Crippen LogP contribution in [0.2, 0.25) is 10.0 Å². The van der Waals surface area contributed by atoms with Crippen LogP contribution in [-0.4, -0.2) is 54.3 Å². The maximum absolute atomic E-state index is 13.7. The average Bonchev–Trinajstić information content (AvgIpc) is 3.79. The number of carboxylic acids is 1. The summed E-state index contributed by atoms with van der Waals surface area (Å²) in [4.78, 5) is 26.5. The van der Waals surface area contributed by atoms with Crippen LogP contribution >= 0.6 is 39.1 Å². The first-order valence-electron chi connectivity index (χ1n) is 13.6. The first kappa shape index (κ1) is 31.9. The van der Waals surface area contributed by atoms with Gasteiger partial charge in [-0.1, -0.05) is 47.5 Å². The summed E-state index contributed by atoms with van der Waals surface area (Å²) in [7, 11) is 0. The van der Waals surface area contributed by atoms with Crippen LogP contribution in [0.3, 0.4) is 0 Å². The number of rotatable bonds is 15. The van der Waals surface area contributed by atoms with E-state index in [1.807, 2.05) is 42.2 Å². The normalized spacial score (nSPS) is 13.4. The molecule has 1 aliphatic rings. The predicted molar refractivity (Wildman–Crippen MR) is 166 cm³/mol. The molecule has 3 aromatic rings. The van der Waals surface area contributed by atoms with Crippen molar-refractivity contribution in [1.29, 1.82) is 0 Å². The Hall–Kier alpha value is -2.98. The Kier molecular flexibility index (Phi) is 11.4. The lowest BCUT2D eigenvalue weighted by molar-refractivity contribution is -0.139. The summed E-state index contributed by atoms with van der Waals surface area (Å²) in [5.74, 6) is 0.0794. The topological polar surface area (TPSA) is 111 Å². The number of hydrogen-bond donors (Lipinski definition) is 2. The molecular formula is C31H33BrCl2N2O6. The fourth-order valence-corrected chi connectivity index (χ4v) is 5.74. The van der Waals surface area contributed by atoms with Crippen molar-refractivity contribution in [3.63, 3.8) is 0 Å². The van der Waals surface area contributed by atoms with Gasteiger partial charge in [-0.25, -0.2) is 4.79 Å². The number of ether oxygens (including phenoxy) is 3. The molecule has 8 nitrogen and oxygen atoms in total. The third kappa shape index (κ3) is 8.77. The van der Waals surface area contributed by atoms with Gasteiger partial charge in [0, 0.05) is 19.1 Å². The van der Waals surface area contributed by atoms with Gasteiger partial charge >= 0.3 is 5.97 Å².